The Labute approximate surface area is 123 Å². The van der Waals surface area contributed by atoms with Crippen LogP contribution in [0.3, 0.4) is 0 Å². The summed E-state index contributed by atoms with van der Waals surface area (Å²) in [6.45, 7) is 2.14. The largest absolute Gasteiger partial charge is 0.493 e. The second-order valence-corrected chi connectivity index (χ2v) is 4.04. The Morgan fingerprint density at radius 2 is 1.81 bits per heavy atom. The molecule has 7 nitrogen and oxygen atoms in total. The monoisotopic (exact) mass is 296 g/mol. The van der Waals surface area contributed by atoms with Gasteiger partial charge in [-0.2, -0.15) is 0 Å². The standard InChI is InChI=1S/C14H20N2O5/c1-4-21-14(18)16-9-13(17)15-8-10-5-6-11(19-2)12(7-10)20-3/h5-7H,4,8-9H2,1-3H3,(H,15,17)(H,16,18). The molecule has 0 aliphatic carbocycles. The van der Waals surface area contributed by atoms with E-state index in [1.807, 2.05) is 6.07 Å². The third-order valence-electron chi connectivity index (χ3n) is 2.61. The van der Waals surface area contributed by atoms with E-state index in [0.29, 0.717) is 18.0 Å². The number of amides is 2. The van der Waals surface area contributed by atoms with Gasteiger partial charge in [0.05, 0.1) is 20.8 Å². The van der Waals surface area contributed by atoms with Crippen LogP contribution in [-0.2, 0) is 16.1 Å². The topological polar surface area (TPSA) is 85.9 Å². The molecule has 0 saturated heterocycles. The first kappa shape index (κ1) is 16.6. The number of alkyl carbamates (subject to hydrolysis) is 1. The van der Waals surface area contributed by atoms with Crippen LogP contribution in [0.4, 0.5) is 4.79 Å². The number of rotatable bonds is 7. The van der Waals surface area contributed by atoms with E-state index in [1.54, 1.807) is 33.3 Å². The lowest BCUT2D eigenvalue weighted by molar-refractivity contribution is -0.120. The van der Waals surface area contributed by atoms with Crippen molar-refractivity contribution in [1.82, 2.24) is 10.6 Å². The van der Waals surface area contributed by atoms with Crippen molar-refractivity contribution in [2.45, 2.75) is 13.5 Å². The van der Waals surface area contributed by atoms with E-state index in [0.717, 1.165) is 5.56 Å². The van der Waals surface area contributed by atoms with Crippen LogP contribution in [0.25, 0.3) is 0 Å². The van der Waals surface area contributed by atoms with Crippen molar-refractivity contribution in [1.29, 1.82) is 0 Å². The van der Waals surface area contributed by atoms with Gasteiger partial charge >= 0.3 is 6.09 Å². The highest BCUT2D eigenvalue weighted by atomic mass is 16.5. The average Bonchev–Trinajstić information content (AvgIpc) is 2.50. The van der Waals surface area contributed by atoms with Crippen LogP contribution in [0.1, 0.15) is 12.5 Å². The Balaban J connectivity index is 2.44. The third kappa shape index (κ3) is 5.60. The molecule has 0 radical (unpaired) electrons. The van der Waals surface area contributed by atoms with Crippen molar-refractivity contribution in [2.75, 3.05) is 27.4 Å². The summed E-state index contributed by atoms with van der Waals surface area (Å²) < 4.78 is 15.0. The predicted molar refractivity (Wildman–Crippen MR) is 76.4 cm³/mol. The Hall–Kier alpha value is -2.44. The minimum atomic E-state index is -0.612. The predicted octanol–water partition coefficient (Wildman–Crippen LogP) is 1.07. The van der Waals surface area contributed by atoms with Gasteiger partial charge in [-0.3, -0.25) is 4.79 Å². The molecule has 0 unspecified atom stereocenters. The second kappa shape index (κ2) is 8.68. The van der Waals surface area contributed by atoms with Crippen molar-refractivity contribution in [2.24, 2.45) is 0 Å². The van der Waals surface area contributed by atoms with Gasteiger partial charge in [0.1, 0.15) is 6.54 Å². The summed E-state index contributed by atoms with van der Waals surface area (Å²) in [6, 6.07) is 5.36. The van der Waals surface area contributed by atoms with Crippen molar-refractivity contribution < 1.29 is 23.8 Å². The highest BCUT2D eigenvalue weighted by Crippen LogP contribution is 2.27. The van der Waals surface area contributed by atoms with Crippen LogP contribution in [0, 0.1) is 0 Å². The molecule has 116 valence electrons. The minimum absolute atomic E-state index is 0.133. The molecule has 0 saturated carbocycles. The smallest absolute Gasteiger partial charge is 0.407 e. The first-order valence-corrected chi connectivity index (χ1v) is 6.49. The van der Waals surface area contributed by atoms with Crippen molar-refractivity contribution >= 4 is 12.0 Å². The maximum Gasteiger partial charge on any atom is 0.407 e. The number of hydrogen-bond donors (Lipinski definition) is 2. The number of carbonyl (C=O) groups is 2. The average molecular weight is 296 g/mol. The molecule has 0 heterocycles. The molecule has 0 atom stereocenters. The van der Waals surface area contributed by atoms with Crippen LogP contribution in [0.2, 0.25) is 0 Å². The van der Waals surface area contributed by atoms with Crippen LogP contribution in [0.15, 0.2) is 18.2 Å². The van der Waals surface area contributed by atoms with Gasteiger partial charge in [-0.25, -0.2) is 4.79 Å². The molecule has 0 aromatic heterocycles. The van der Waals surface area contributed by atoms with E-state index in [9.17, 15) is 9.59 Å². The summed E-state index contributed by atoms with van der Waals surface area (Å²) in [7, 11) is 3.10. The highest BCUT2D eigenvalue weighted by Gasteiger charge is 2.07. The summed E-state index contributed by atoms with van der Waals surface area (Å²) >= 11 is 0. The second-order valence-electron chi connectivity index (χ2n) is 4.04. The number of carbonyl (C=O) groups excluding carboxylic acids is 2. The van der Waals surface area contributed by atoms with Gasteiger partial charge in [-0.05, 0) is 24.6 Å². The molecule has 0 aliphatic rings. The van der Waals surface area contributed by atoms with E-state index < -0.39 is 6.09 Å². The van der Waals surface area contributed by atoms with Crippen molar-refractivity contribution in [3.05, 3.63) is 23.8 Å². The first-order chi connectivity index (χ1) is 10.1. The van der Waals surface area contributed by atoms with E-state index >= 15 is 0 Å². The molecule has 7 heteroatoms. The summed E-state index contributed by atoms with van der Waals surface area (Å²) in [5.74, 6) is 0.906. The summed E-state index contributed by atoms with van der Waals surface area (Å²) in [5.41, 5.74) is 0.858. The summed E-state index contributed by atoms with van der Waals surface area (Å²) in [5, 5.41) is 5.02. The normalized spacial score (nSPS) is 9.67. The zero-order valence-corrected chi connectivity index (χ0v) is 12.4. The number of hydrogen-bond acceptors (Lipinski definition) is 5. The van der Waals surface area contributed by atoms with Gasteiger partial charge in [-0.1, -0.05) is 6.07 Å². The molecule has 0 bridgehead atoms. The molecule has 2 amide bonds. The van der Waals surface area contributed by atoms with Gasteiger partial charge in [0, 0.05) is 6.54 Å². The lowest BCUT2D eigenvalue weighted by Gasteiger charge is -2.10. The lowest BCUT2D eigenvalue weighted by Crippen LogP contribution is -2.36. The maximum atomic E-state index is 11.6. The Bertz CT molecular complexity index is 490. The molecule has 0 spiro atoms. The van der Waals surface area contributed by atoms with Gasteiger partial charge in [0.15, 0.2) is 11.5 Å². The van der Waals surface area contributed by atoms with E-state index in [4.69, 9.17) is 9.47 Å². The summed E-state index contributed by atoms with van der Waals surface area (Å²) in [4.78, 5) is 22.6. The van der Waals surface area contributed by atoms with Gasteiger partial charge < -0.3 is 24.8 Å². The summed E-state index contributed by atoms with van der Waals surface area (Å²) in [6.07, 6.45) is -0.612. The molecule has 2 N–H and O–H groups in total. The molecule has 1 aromatic carbocycles. The molecule has 0 fully saturated rings. The van der Waals surface area contributed by atoms with E-state index in [1.165, 1.54) is 0 Å². The zero-order chi connectivity index (χ0) is 15.7. The molecular formula is C14H20N2O5. The van der Waals surface area contributed by atoms with Gasteiger partial charge in [0.25, 0.3) is 0 Å². The fourth-order valence-corrected chi connectivity index (χ4v) is 1.59. The SMILES string of the molecule is CCOC(=O)NCC(=O)NCc1ccc(OC)c(OC)c1. The fourth-order valence-electron chi connectivity index (χ4n) is 1.59. The number of benzene rings is 1. The van der Waals surface area contributed by atoms with Crippen LogP contribution >= 0.6 is 0 Å². The molecule has 1 aromatic rings. The molecule has 1 rings (SSSR count). The zero-order valence-electron chi connectivity index (χ0n) is 12.4. The molecular weight excluding hydrogens is 276 g/mol. The van der Waals surface area contributed by atoms with Gasteiger partial charge in [-0.15, -0.1) is 0 Å². The van der Waals surface area contributed by atoms with E-state index in [2.05, 4.69) is 15.4 Å². The Kier molecular flexibility index (Phi) is 6.86. The Morgan fingerprint density at radius 1 is 1.10 bits per heavy atom. The number of nitrogens with one attached hydrogen (secondary N) is 2. The fraction of sp³-hybridized carbons (Fsp3) is 0.429. The maximum absolute atomic E-state index is 11.6. The number of methoxy groups -OCH3 is 2. The lowest BCUT2D eigenvalue weighted by atomic mass is 10.2. The van der Waals surface area contributed by atoms with Crippen LogP contribution in [0.5, 0.6) is 11.5 Å². The van der Waals surface area contributed by atoms with Gasteiger partial charge in [0.2, 0.25) is 5.91 Å². The van der Waals surface area contributed by atoms with Crippen molar-refractivity contribution in [3.8, 4) is 11.5 Å². The third-order valence-corrected chi connectivity index (χ3v) is 2.61. The highest BCUT2D eigenvalue weighted by molar-refractivity contribution is 5.82. The number of ether oxygens (including phenoxy) is 3. The van der Waals surface area contributed by atoms with Crippen LogP contribution < -0.4 is 20.1 Å². The Morgan fingerprint density at radius 3 is 2.43 bits per heavy atom. The molecule has 0 aliphatic heterocycles. The van der Waals surface area contributed by atoms with Crippen LogP contribution in [-0.4, -0.2) is 39.4 Å². The van der Waals surface area contributed by atoms with E-state index in [-0.39, 0.29) is 19.1 Å². The first-order valence-electron chi connectivity index (χ1n) is 6.49. The minimum Gasteiger partial charge on any atom is -0.493 e. The quantitative estimate of drug-likeness (QED) is 0.786. The molecule has 21 heavy (non-hydrogen) atoms. The van der Waals surface area contributed by atoms with Crippen molar-refractivity contribution in [3.63, 3.8) is 0 Å².